The van der Waals surface area contributed by atoms with Crippen LogP contribution in [-0.2, 0) is 0 Å². The Kier molecular flexibility index (Phi) is 4.58. The maximum atomic E-state index is 14.7. The third-order valence-corrected chi connectivity index (χ3v) is 5.75. The van der Waals surface area contributed by atoms with Gasteiger partial charge >= 0.3 is 0 Å². The van der Waals surface area contributed by atoms with Crippen molar-refractivity contribution >= 4 is 22.8 Å². The lowest BCUT2D eigenvalue weighted by molar-refractivity contribution is 0.434. The van der Waals surface area contributed by atoms with E-state index < -0.39 is 0 Å². The van der Waals surface area contributed by atoms with Crippen molar-refractivity contribution in [2.24, 2.45) is 5.92 Å². The first kappa shape index (κ1) is 18.5. The predicted molar refractivity (Wildman–Crippen MR) is 117 cm³/mol. The van der Waals surface area contributed by atoms with Gasteiger partial charge in [-0.2, -0.15) is 4.98 Å². The van der Waals surface area contributed by atoms with Gasteiger partial charge in [-0.05, 0) is 43.0 Å². The fourth-order valence-corrected chi connectivity index (χ4v) is 3.96. The van der Waals surface area contributed by atoms with Gasteiger partial charge in [0, 0.05) is 18.7 Å². The molecule has 30 heavy (non-hydrogen) atoms. The molecule has 0 aliphatic carbocycles. The summed E-state index contributed by atoms with van der Waals surface area (Å²) in [5.41, 5.74) is 8.66. The molecule has 0 spiro atoms. The molecule has 2 aromatic heterocycles. The molecule has 0 atom stereocenters. The smallest absolute Gasteiger partial charge is 0.228 e. The summed E-state index contributed by atoms with van der Waals surface area (Å²) < 4.78 is 16.4. The molecule has 5 rings (SSSR count). The van der Waals surface area contributed by atoms with E-state index in [0.29, 0.717) is 40.0 Å². The summed E-state index contributed by atoms with van der Waals surface area (Å²) in [6.07, 6.45) is 2.16. The molecule has 1 aliphatic heterocycles. The van der Waals surface area contributed by atoms with E-state index in [1.807, 2.05) is 30.3 Å². The number of hydrogen-bond donors (Lipinski definition) is 1. The summed E-state index contributed by atoms with van der Waals surface area (Å²) in [6, 6.07) is 16.2. The minimum Gasteiger partial charge on any atom is -0.383 e. The Hall–Kier alpha value is -3.48. The van der Waals surface area contributed by atoms with Crippen LogP contribution in [0.4, 0.5) is 16.2 Å². The number of anilines is 2. The molecule has 0 bridgehead atoms. The highest BCUT2D eigenvalue weighted by Gasteiger charge is 2.24. The summed E-state index contributed by atoms with van der Waals surface area (Å²) in [5.74, 6) is 1.31. The van der Waals surface area contributed by atoms with Gasteiger partial charge in [-0.3, -0.25) is 0 Å². The zero-order chi connectivity index (χ0) is 20.7. The van der Waals surface area contributed by atoms with Crippen LogP contribution < -0.4 is 10.6 Å². The number of nitrogen functional groups attached to an aromatic ring is 1. The molecule has 2 N–H and O–H groups in total. The molecule has 0 saturated carbocycles. The van der Waals surface area contributed by atoms with E-state index in [2.05, 4.69) is 16.9 Å². The van der Waals surface area contributed by atoms with Gasteiger partial charge in [0.2, 0.25) is 5.95 Å². The zero-order valence-electron chi connectivity index (χ0n) is 16.8. The zero-order valence-corrected chi connectivity index (χ0v) is 16.8. The highest BCUT2D eigenvalue weighted by Crippen LogP contribution is 2.35. The van der Waals surface area contributed by atoms with Crippen LogP contribution >= 0.6 is 0 Å². The van der Waals surface area contributed by atoms with Crippen molar-refractivity contribution in [1.29, 1.82) is 0 Å². The largest absolute Gasteiger partial charge is 0.383 e. The third-order valence-electron chi connectivity index (χ3n) is 5.75. The first-order chi connectivity index (χ1) is 14.6. The number of halogens is 1. The van der Waals surface area contributed by atoms with Crippen molar-refractivity contribution in [3.05, 3.63) is 60.4 Å². The topological polar surface area (TPSA) is 72.9 Å². The molecule has 1 saturated heterocycles. The standard InChI is InChI=1S/C23H23FN6/c1-15-11-13-29(14-12-15)23-26-20(17-9-5-6-10-18(17)24)19-21(25)30(28-22(19)27-23)16-7-3-2-4-8-16/h2-10,15H,11-14,25H2,1H3. The summed E-state index contributed by atoms with van der Waals surface area (Å²) in [4.78, 5) is 11.7. The molecule has 3 heterocycles. The molecule has 1 fully saturated rings. The maximum absolute atomic E-state index is 14.7. The minimum atomic E-state index is -0.345. The van der Waals surface area contributed by atoms with Gasteiger partial charge in [0.15, 0.2) is 5.65 Å². The SMILES string of the molecule is CC1CCN(c2nc(-c3ccccc3F)c3c(N)n(-c4ccccc4)nc3n2)CC1. The summed E-state index contributed by atoms with van der Waals surface area (Å²) in [6.45, 7) is 4.00. The van der Waals surface area contributed by atoms with Crippen LogP contribution in [0, 0.1) is 11.7 Å². The van der Waals surface area contributed by atoms with Gasteiger partial charge in [-0.25, -0.2) is 14.1 Å². The average molecular weight is 402 g/mol. The molecular formula is C23H23FN6. The number of nitrogens with zero attached hydrogens (tertiary/aromatic N) is 5. The van der Waals surface area contributed by atoms with Crippen molar-refractivity contribution in [3.63, 3.8) is 0 Å². The molecular weight excluding hydrogens is 379 g/mol. The maximum Gasteiger partial charge on any atom is 0.228 e. The van der Waals surface area contributed by atoms with Crippen LogP contribution in [-0.4, -0.2) is 32.8 Å². The average Bonchev–Trinajstić information content (AvgIpc) is 3.11. The lowest BCUT2D eigenvalue weighted by atomic mass is 9.99. The molecule has 0 radical (unpaired) electrons. The first-order valence-electron chi connectivity index (χ1n) is 10.2. The van der Waals surface area contributed by atoms with Crippen LogP contribution in [0.5, 0.6) is 0 Å². The van der Waals surface area contributed by atoms with E-state index in [0.717, 1.165) is 31.6 Å². The normalized spacial score (nSPS) is 15.1. The van der Waals surface area contributed by atoms with Gasteiger partial charge in [0.05, 0.1) is 16.8 Å². The summed E-state index contributed by atoms with van der Waals surface area (Å²) in [5, 5.41) is 5.23. The van der Waals surface area contributed by atoms with E-state index in [-0.39, 0.29) is 5.82 Å². The highest BCUT2D eigenvalue weighted by molar-refractivity contribution is 5.99. The molecule has 0 unspecified atom stereocenters. The number of benzene rings is 2. The Balaban J connectivity index is 1.74. The minimum absolute atomic E-state index is 0.345. The molecule has 1 aliphatic rings. The fourth-order valence-electron chi connectivity index (χ4n) is 3.96. The second-order valence-electron chi connectivity index (χ2n) is 7.85. The van der Waals surface area contributed by atoms with Gasteiger partial charge < -0.3 is 10.6 Å². The van der Waals surface area contributed by atoms with E-state index in [1.165, 1.54) is 6.07 Å². The van der Waals surface area contributed by atoms with Gasteiger partial charge in [0.25, 0.3) is 0 Å². The number of para-hydroxylation sites is 1. The van der Waals surface area contributed by atoms with Crippen molar-refractivity contribution in [2.75, 3.05) is 23.7 Å². The van der Waals surface area contributed by atoms with Crippen molar-refractivity contribution in [1.82, 2.24) is 19.7 Å². The van der Waals surface area contributed by atoms with Crippen LogP contribution in [0.3, 0.4) is 0 Å². The molecule has 4 aromatic rings. The lowest BCUT2D eigenvalue weighted by Crippen LogP contribution is -2.34. The van der Waals surface area contributed by atoms with Crippen LogP contribution in [0.15, 0.2) is 54.6 Å². The lowest BCUT2D eigenvalue weighted by Gasteiger charge is -2.30. The Bertz CT molecular complexity index is 1200. The van der Waals surface area contributed by atoms with Crippen molar-refractivity contribution < 1.29 is 4.39 Å². The number of nitrogens with two attached hydrogens (primary N) is 1. The molecule has 0 amide bonds. The molecule has 2 aromatic carbocycles. The van der Waals surface area contributed by atoms with Gasteiger partial charge in [-0.15, -0.1) is 5.10 Å². The fraction of sp³-hybridized carbons (Fsp3) is 0.261. The number of rotatable bonds is 3. The second kappa shape index (κ2) is 7.40. The van der Waals surface area contributed by atoms with E-state index in [9.17, 15) is 4.39 Å². The monoisotopic (exact) mass is 402 g/mol. The quantitative estimate of drug-likeness (QED) is 0.548. The Labute approximate surface area is 174 Å². The van der Waals surface area contributed by atoms with Gasteiger partial charge in [-0.1, -0.05) is 37.3 Å². The number of hydrogen-bond acceptors (Lipinski definition) is 5. The molecule has 7 heteroatoms. The van der Waals surface area contributed by atoms with Crippen LogP contribution in [0.2, 0.25) is 0 Å². The number of aromatic nitrogens is 4. The van der Waals surface area contributed by atoms with Crippen molar-refractivity contribution in [3.8, 4) is 16.9 Å². The van der Waals surface area contributed by atoms with E-state index in [4.69, 9.17) is 15.7 Å². The Morgan fingerprint density at radius 3 is 2.40 bits per heavy atom. The van der Waals surface area contributed by atoms with Crippen LogP contribution in [0.25, 0.3) is 28.0 Å². The number of fused-ring (bicyclic) bond motifs is 1. The first-order valence-corrected chi connectivity index (χ1v) is 10.2. The molecule has 152 valence electrons. The third kappa shape index (κ3) is 3.16. The highest BCUT2D eigenvalue weighted by atomic mass is 19.1. The number of piperidine rings is 1. The second-order valence-corrected chi connectivity index (χ2v) is 7.85. The van der Waals surface area contributed by atoms with Crippen molar-refractivity contribution in [2.45, 2.75) is 19.8 Å². The predicted octanol–water partition coefficient (Wildman–Crippen LogP) is 4.44. The Morgan fingerprint density at radius 1 is 0.967 bits per heavy atom. The Morgan fingerprint density at radius 2 is 1.67 bits per heavy atom. The summed E-state index contributed by atoms with van der Waals surface area (Å²) >= 11 is 0. The van der Waals surface area contributed by atoms with Gasteiger partial charge in [0.1, 0.15) is 11.6 Å². The van der Waals surface area contributed by atoms with E-state index in [1.54, 1.807) is 22.9 Å². The molecule has 6 nitrogen and oxygen atoms in total. The summed E-state index contributed by atoms with van der Waals surface area (Å²) in [7, 11) is 0. The van der Waals surface area contributed by atoms with E-state index >= 15 is 0 Å². The van der Waals surface area contributed by atoms with Crippen LogP contribution in [0.1, 0.15) is 19.8 Å².